The van der Waals surface area contributed by atoms with Crippen molar-refractivity contribution in [3.8, 4) is 5.75 Å². The highest BCUT2D eigenvalue weighted by Gasteiger charge is 2.43. The van der Waals surface area contributed by atoms with E-state index >= 15 is 0 Å². The van der Waals surface area contributed by atoms with Gasteiger partial charge in [-0.3, -0.25) is 4.79 Å². The number of amides is 1. The number of carbonyl (C=O) groups excluding carboxylic acids is 1. The molecule has 0 bridgehead atoms. The predicted octanol–water partition coefficient (Wildman–Crippen LogP) is 3.51. The molecule has 4 rings (SSSR count). The molecule has 9 heteroatoms. The minimum absolute atomic E-state index is 0.165. The van der Waals surface area contributed by atoms with E-state index in [1.165, 1.54) is 13.5 Å². The number of nitrogens with one attached hydrogen (secondary N) is 1. The number of halogens is 2. The predicted molar refractivity (Wildman–Crippen MR) is 124 cm³/mol. The quantitative estimate of drug-likeness (QED) is 0.568. The van der Waals surface area contributed by atoms with Crippen LogP contribution in [0, 0.1) is 29.4 Å². The average molecular weight is 475 g/mol. The third-order valence-electron chi connectivity index (χ3n) is 6.90. The molecule has 1 amide bonds. The lowest BCUT2D eigenvalue weighted by Crippen LogP contribution is -2.35. The van der Waals surface area contributed by atoms with Gasteiger partial charge in [-0.15, -0.1) is 0 Å². The van der Waals surface area contributed by atoms with Crippen molar-refractivity contribution in [2.24, 2.45) is 17.8 Å². The van der Waals surface area contributed by atoms with Gasteiger partial charge in [-0.05, 0) is 43.4 Å². The summed E-state index contributed by atoms with van der Waals surface area (Å²) in [4.78, 5) is 22.6. The Bertz CT molecular complexity index is 958. The fourth-order valence-electron chi connectivity index (χ4n) is 4.87. The number of piperidine rings is 1. The van der Waals surface area contributed by atoms with Gasteiger partial charge in [0, 0.05) is 62.9 Å². The first-order valence-corrected chi connectivity index (χ1v) is 11.8. The Kier molecular flexibility index (Phi) is 7.92. The lowest BCUT2D eigenvalue weighted by atomic mass is 9.90. The molecule has 2 heterocycles. The van der Waals surface area contributed by atoms with Crippen LogP contribution in [0.2, 0.25) is 0 Å². The van der Waals surface area contributed by atoms with Gasteiger partial charge in [-0.2, -0.15) is 0 Å². The first-order valence-electron chi connectivity index (χ1n) is 11.8. The molecule has 7 nitrogen and oxygen atoms in total. The summed E-state index contributed by atoms with van der Waals surface area (Å²) in [6.45, 7) is 2.85. The van der Waals surface area contributed by atoms with E-state index in [4.69, 9.17) is 9.47 Å². The van der Waals surface area contributed by atoms with Gasteiger partial charge >= 0.3 is 0 Å². The molecule has 34 heavy (non-hydrogen) atoms. The molecule has 1 saturated heterocycles. The van der Waals surface area contributed by atoms with Gasteiger partial charge in [0.05, 0.1) is 19.6 Å². The Balaban J connectivity index is 1.19. The van der Waals surface area contributed by atoms with Crippen molar-refractivity contribution >= 4 is 11.9 Å². The van der Waals surface area contributed by atoms with Crippen LogP contribution >= 0.6 is 0 Å². The van der Waals surface area contributed by atoms with E-state index in [0.717, 1.165) is 56.0 Å². The molecule has 0 radical (unpaired) electrons. The van der Waals surface area contributed by atoms with E-state index in [9.17, 15) is 13.6 Å². The second kappa shape index (κ2) is 11.1. The van der Waals surface area contributed by atoms with E-state index in [0.29, 0.717) is 31.0 Å². The van der Waals surface area contributed by atoms with E-state index < -0.39 is 17.5 Å². The highest BCUT2D eigenvalue weighted by atomic mass is 19.1. The van der Waals surface area contributed by atoms with Crippen molar-refractivity contribution in [2.45, 2.75) is 38.7 Å². The second-order valence-corrected chi connectivity index (χ2v) is 9.16. The van der Waals surface area contributed by atoms with Crippen LogP contribution in [0.3, 0.4) is 0 Å². The van der Waals surface area contributed by atoms with Crippen LogP contribution in [0.4, 0.5) is 14.7 Å². The second-order valence-electron chi connectivity index (χ2n) is 9.16. The van der Waals surface area contributed by atoms with Crippen molar-refractivity contribution < 1.29 is 23.0 Å². The number of hydrogen-bond acceptors (Lipinski definition) is 6. The zero-order valence-electron chi connectivity index (χ0n) is 19.7. The molecule has 2 aromatic rings. The van der Waals surface area contributed by atoms with Crippen molar-refractivity contribution in [1.29, 1.82) is 0 Å². The number of methoxy groups -OCH3 is 1. The molecule has 1 aromatic heterocycles. The molecule has 0 spiro atoms. The zero-order valence-corrected chi connectivity index (χ0v) is 19.7. The third-order valence-corrected chi connectivity index (χ3v) is 6.90. The van der Waals surface area contributed by atoms with E-state index in [-0.39, 0.29) is 17.7 Å². The first kappa shape index (κ1) is 24.3. The molecule has 1 aliphatic heterocycles. The smallest absolute Gasteiger partial charge is 0.225 e. The summed E-state index contributed by atoms with van der Waals surface area (Å²) in [5.41, 5.74) is 0.728. The summed E-state index contributed by atoms with van der Waals surface area (Å²) in [5.74, 6) is 0.969. The van der Waals surface area contributed by atoms with E-state index in [1.807, 2.05) is 12.4 Å². The summed E-state index contributed by atoms with van der Waals surface area (Å²) >= 11 is 0. The Morgan fingerprint density at radius 3 is 2.47 bits per heavy atom. The Morgan fingerprint density at radius 1 is 1.18 bits per heavy atom. The number of ether oxygens (including phenoxy) is 2. The largest absolute Gasteiger partial charge is 0.493 e. The van der Waals surface area contributed by atoms with Gasteiger partial charge < -0.3 is 19.7 Å². The maximum absolute atomic E-state index is 14.2. The van der Waals surface area contributed by atoms with Crippen LogP contribution in [-0.2, 0) is 22.6 Å². The summed E-state index contributed by atoms with van der Waals surface area (Å²) in [6, 6.07) is 2.32. The fourth-order valence-corrected chi connectivity index (χ4v) is 4.87. The zero-order chi connectivity index (χ0) is 24.1. The fraction of sp³-hybridized carbons (Fsp3) is 0.560. The highest BCUT2D eigenvalue weighted by Crippen LogP contribution is 2.49. The van der Waals surface area contributed by atoms with Crippen LogP contribution in [0.5, 0.6) is 5.75 Å². The minimum Gasteiger partial charge on any atom is -0.493 e. The van der Waals surface area contributed by atoms with Gasteiger partial charge in [0.25, 0.3) is 0 Å². The van der Waals surface area contributed by atoms with Crippen LogP contribution < -0.4 is 15.0 Å². The van der Waals surface area contributed by atoms with Gasteiger partial charge in [-0.1, -0.05) is 0 Å². The maximum Gasteiger partial charge on any atom is 0.225 e. The number of likely N-dealkylation sites (N-methyl/N-ethyl adjacent to an activating group) is 1. The Hall–Kier alpha value is -2.81. The topological polar surface area (TPSA) is 76.6 Å². The number of hydrogen-bond donors (Lipinski definition) is 1. The van der Waals surface area contributed by atoms with Crippen LogP contribution in [0.15, 0.2) is 24.5 Å². The summed E-state index contributed by atoms with van der Waals surface area (Å²) in [7, 11) is 3.09. The van der Waals surface area contributed by atoms with Crippen LogP contribution in [-0.4, -0.2) is 49.7 Å². The lowest BCUT2D eigenvalue weighted by Gasteiger charge is -2.32. The number of carbonyl (C=O) groups is 1. The normalized spacial score (nSPS) is 20.3. The molecule has 2 fully saturated rings. The Morgan fingerprint density at radius 2 is 1.85 bits per heavy atom. The third kappa shape index (κ3) is 6.00. The summed E-state index contributed by atoms with van der Waals surface area (Å²) in [5, 5.41) is 2.37. The number of nitrogens with zero attached hydrogens (tertiary/aromatic N) is 3. The number of benzene rings is 1. The summed E-state index contributed by atoms with van der Waals surface area (Å²) < 4.78 is 39.1. The molecular weight excluding hydrogens is 442 g/mol. The van der Waals surface area contributed by atoms with Gasteiger partial charge in [-0.25, -0.2) is 18.7 Å². The number of aromatic nitrogens is 2. The molecule has 1 aliphatic carbocycles. The van der Waals surface area contributed by atoms with Crippen molar-refractivity contribution in [3.63, 3.8) is 0 Å². The number of anilines is 1. The summed E-state index contributed by atoms with van der Waals surface area (Å²) in [6.07, 6.45) is 7.61. The number of rotatable bonds is 10. The molecule has 1 aromatic carbocycles. The van der Waals surface area contributed by atoms with Gasteiger partial charge in [0.2, 0.25) is 11.9 Å². The standard InChI is InChI=1S/C25H32F2N4O3/c1-28-24(32)12-21-22(26)10-19(11-23(21)27)34-8-5-18-9-20(18)17-3-6-31(7-4-17)25-29-13-16(14-30-25)15-33-2/h10-11,13-14,17-18,20H,3-9,12,15H2,1-2H3,(H,28,32)/t18-,20-/m1/s1. The first-order chi connectivity index (χ1) is 16.5. The van der Waals surface area contributed by atoms with E-state index in [2.05, 4.69) is 20.2 Å². The molecule has 2 aliphatic rings. The van der Waals surface area contributed by atoms with Crippen LogP contribution in [0.1, 0.15) is 36.8 Å². The van der Waals surface area contributed by atoms with Crippen LogP contribution in [0.25, 0.3) is 0 Å². The monoisotopic (exact) mass is 474 g/mol. The van der Waals surface area contributed by atoms with E-state index in [1.54, 1.807) is 7.11 Å². The van der Waals surface area contributed by atoms with Crippen molar-refractivity contribution in [1.82, 2.24) is 15.3 Å². The van der Waals surface area contributed by atoms with Gasteiger partial charge in [0.15, 0.2) is 0 Å². The molecule has 0 unspecified atom stereocenters. The minimum atomic E-state index is -0.757. The Labute approximate surface area is 198 Å². The SMILES string of the molecule is CNC(=O)Cc1c(F)cc(OCC[C@@H]2C[C@@H]2C2CCN(c3ncc(COC)cn3)CC2)cc1F. The average Bonchev–Trinajstić information content (AvgIpc) is 3.61. The molecular formula is C25H32F2N4O3. The van der Waals surface area contributed by atoms with Crippen molar-refractivity contribution in [2.75, 3.05) is 38.8 Å². The highest BCUT2D eigenvalue weighted by molar-refractivity contribution is 5.78. The molecule has 1 saturated carbocycles. The molecule has 1 N–H and O–H groups in total. The molecule has 2 atom stereocenters. The lowest BCUT2D eigenvalue weighted by molar-refractivity contribution is -0.120. The maximum atomic E-state index is 14.2. The van der Waals surface area contributed by atoms with Crippen molar-refractivity contribution in [3.05, 3.63) is 47.3 Å². The van der Waals surface area contributed by atoms with Gasteiger partial charge in [0.1, 0.15) is 17.4 Å². The molecule has 184 valence electrons.